The zero-order valence-corrected chi connectivity index (χ0v) is 22.1. The molecule has 0 spiro atoms. The summed E-state index contributed by atoms with van der Waals surface area (Å²) in [7, 11) is 0. The second-order valence-electron chi connectivity index (χ2n) is 10.4. The first-order chi connectivity index (χ1) is 18.1. The summed E-state index contributed by atoms with van der Waals surface area (Å²) < 4.78 is 5.61. The molecular weight excluding hydrogens is 480 g/mol. The number of nitrogens with zero attached hydrogens (tertiary/aromatic N) is 3. The van der Waals surface area contributed by atoms with Gasteiger partial charge in [-0.05, 0) is 67.1 Å². The van der Waals surface area contributed by atoms with Gasteiger partial charge in [-0.3, -0.25) is 14.6 Å². The van der Waals surface area contributed by atoms with Crippen LogP contribution >= 0.6 is 0 Å². The van der Waals surface area contributed by atoms with E-state index in [1.807, 2.05) is 20.8 Å². The van der Waals surface area contributed by atoms with E-state index in [-0.39, 0.29) is 23.3 Å². The first-order valence-electron chi connectivity index (χ1n) is 12.6. The number of anilines is 3. The van der Waals surface area contributed by atoms with Crippen molar-refractivity contribution >= 4 is 29.0 Å². The monoisotopic (exact) mass is 512 g/mol. The molecule has 1 fully saturated rings. The average Bonchev–Trinajstić information content (AvgIpc) is 3.42. The second kappa shape index (κ2) is 11.4. The number of carbonyl (C=O) groups is 2. The minimum absolute atomic E-state index is 0.204. The molecule has 1 atom stereocenters. The Bertz CT molecular complexity index is 1370. The van der Waals surface area contributed by atoms with Crippen LogP contribution in [-0.2, 0) is 10.2 Å². The maximum atomic E-state index is 13.0. The third-order valence-electron chi connectivity index (χ3n) is 6.34. The van der Waals surface area contributed by atoms with Crippen LogP contribution in [0.4, 0.5) is 17.2 Å². The molecule has 9 heteroatoms. The van der Waals surface area contributed by atoms with Crippen molar-refractivity contribution < 1.29 is 14.3 Å². The van der Waals surface area contributed by atoms with E-state index in [1.165, 1.54) is 6.20 Å². The number of ether oxygens (including phenoxy) is 1. The maximum absolute atomic E-state index is 13.0. The molecule has 9 nitrogen and oxygen atoms in total. The fourth-order valence-corrected chi connectivity index (χ4v) is 4.09. The first-order valence-corrected chi connectivity index (χ1v) is 12.6. The van der Waals surface area contributed by atoms with Crippen LogP contribution in [-0.4, -0.2) is 41.0 Å². The largest absolute Gasteiger partial charge is 0.376 e. The minimum atomic E-state index is -0.389. The summed E-state index contributed by atoms with van der Waals surface area (Å²) in [4.78, 5) is 34.7. The van der Waals surface area contributed by atoms with Gasteiger partial charge in [-0.2, -0.15) is 5.26 Å². The van der Waals surface area contributed by atoms with Crippen molar-refractivity contribution in [1.29, 1.82) is 5.26 Å². The van der Waals surface area contributed by atoms with E-state index in [4.69, 9.17) is 4.74 Å². The van der Waals surface area contributed by atoms with Crippen LogP contribution in [0.25, 0.3) is 0 Å². The Morgan fingerprint density at radius 1 is 1.05 bits per heavy atom. The summed E-state index contributed by atoms with van der Waals surface area (Å²) in [5, 5.41) is 18.3. The molecule has 0 saturated carbocycles. The van der Waals surface area contributed by atoms with E-state index >= 15 is 0 Å². The molecule has 1 aromatic carbocycles. The standard InChI is InChI=1S/C29H32N6O3/c1-18-25(28(37)34-22-7-8-26(32-15-22)33-17-24-6-5-9-38-24)13-23(16-31-18)35-27(36)20-10-19(14-30)11-21(12-20)29(2,3)4/h7-8,10-13,15-16,24H,5-6,9,17H2,1-4H3,(H,32,33)(H,34,37)(H,35,36). The van der Waals surface area contributed by atoms with E-state index in [0.29, 0.717) is 46.1 Å². The zero-order valence-electron chi connectivity index (χ0n) is 22.1. The lowest BCUT2D eigenvalue weighted by Crippen LogP contribution is -2.19. The number of nitrogens with one attached hydrogen (secondary N) is 3. The molecule has 2 amide bonds. The van der Waals surface area contributed by atoms with Crippen molar-refractivity contribution in [2.45, 2.75) is 52.1 Å². The Balaban J connectivity index is 1.43. The van der Waals surface area contributed by atoms with Gasteiger partial charge in [0.2, 0.25) is 0 Å². The molecule has 3 heterocycles. The van der Waals surface area contributed by atoms with Crippen LogP contribution in [0.1, 0.15) is 71.1 Å². The molecule has 1 saturated heterocycles. The lowest BCUT2D eigenvalue weighted by Gasteiger charge is -2.20. The number of nitriles is 1. The SMILES string of the molecule is Cc1ncc(NC(=O)c2cc(C#N)cc(C(C)(C)C)c2)cc1C(=O)Nc1ccc(NCC2CCCO2)nc1. The number of aromatic nitrogens is 2. The van der Waals surface area contributed by atoms with Crippen molar-refractivity contribution in [3.05, 3.63) is 76.7 Å². The van der Waals surface area contributed by atoms with Crippen LogP contribution in [0.5, 0.6) is 0 Å². The quantitative estimate of drug-likeness (QED) is 0.404. The second-order valence-corrected chi connectivity index (χ2v) is 10.4. The summed E-state index contributed by atoms with van der Waals surface area (Å²) in [6, 6.07) is 12.4. The van der Waals surface area contributed by atoms with E-state index in [2.05, 4.69) is 32.0 Å². The Labute approximate surface area is 222 Å². The van der Waals surface area contributed by atoms with E-state index in [0.717, 1.165) is 25.0 Å². The molecule has 1 aliphatic rings. The first kappa shape index (κ1) is 26.8. The summed E-state index contributed by atoms with van der Waals surface area (Å²) in [5.41, 5.74) is 3.17. The summed E-state index contributed by atoms with van der Waals surface area (Å²) >= 11 is 0. The molecule has 0 radical (unpaired) electrons. The van der Waals surface area contributed by atoms with Crippen molar-refractivity contribution in [2.75, 3.05) is 29.1 Å². The molecule has 1 aliphatic heterocycles. The zero-order chi connectivity index (χ0) is 27.3. The minimum Gasteiger partial charge on any atom is -0.376 e. The lowest BCUT2D eigenvalue weighted by molar-refractivity contribution is 0.101. The number of hydrogen-bond acceptors (Lipinski definition) is 7. The van der Waals surface area contributed by atoms with Crippen LogP contribution in [0.3, 0.4) is 0 Å². The lowest BCUT2D eigenvalue weighted by atomic mass is 9.85. The molecule has 196 valence electrons. The third-order valence-corrected chi connectivity index (χ3v) is 6.34. The molecule has 0 aliphatic carbocycles. The van der Waals surface area contributed by atoms with Crippen LogP contribution in [0.2, 0.25) is 0 Å². The molecule has 2 aromatic heterocycles. The average molecular weight is 513 g/mol. The topological polar surface area (TPSA) is 129 Å². The van der Waals surface area contributed by atoms with E-state index < -0.39 is 0 Å². The highest BCUT2D eigenvalue weighted by atomic mass is 16.5. The highest BCUT2D eigenvalue weighted by Crippen LogP contribution is 2.25. The number of amides is 2. The fourth-order valence-electron chi connectivity index (χ4n) is 4.09. The maximum Gasteiger partial charge on any atom is 0.257 e. The Morgan fingerprint density at radius 2 is 1.82 bits per heavy atom. The smallest absolute Gasteiger partial charge is 0.257 e. The van der Waals surface area contributed by atoms with Gasteiger partial charge in [0.1, 0.15) is 5.82 Å². The highest BCUT2D eigenvalue weighted by molar-refractivity contribution is 6.07. The van der Waals surface area contributed by atoms with Crippen molar-refractivity contribution in [3.63, 3.8) is 0 Å². The Hall–Kier alpha value is -4.29. The fraction of sp³-hybridized carbons (Fsp3) is 0.345. The molecule has 1 unspecified atom stereocenters. The van der Waals surface area contributed by atoms with Crippen LogP contribution in [0, 0.1) is 18.3 Å². The van der Waals surface area contributed by atoms with E-state index in [1.54, 1.807) is 49.5 Å². The number of benzene rings is 1. The predicted octanol–water partition coefficient (Wildman–Crippen LogP) is 5.05. The van der Waals surface area contributed by atoms with E-state index in [9.17, 15) is 14.9 Å². The molecule has 3 N–H and O–H groups in total. The normalized spacial score (nSPS) is 15.0. The number of aryl methyl sites for hydroxylation is 1. The summed E-state index contributed by atoms with van der Waals surface area (Å²) in [6.45, 7) is 9.28. The van der Waals surface area contributed by atoms with Gasteiger partial charge in [-0.25, -0.2) is 4.98 Å². The molecule has 3 aromatic rings. The van der Waals surface area contributed by atoms with Gasteiger partial charge < -0.3 is 20.7 Å². The number of rotatable bonds is 7. The van der Waals surface area contributed by atoms with Gasteiger partial charge in [-0.1, -0.05) is 20.8 Å². The van der Waals surface area contributed by atoms with Gasteiger partial charge in [0.15, 0.2) is 0 Å². The number of pyridine rings is 2. The number of hydrogen-bond donors (Lipinski definition) is 3. The third kappa shape index (κ3) is 6.72. The van der Waals surface area contributed by atoms with Gasteiger partial charge in [-0.15, -0.1) is 0 Å². The van der Waals surface area contributed by atoms with Crippen LogP contribution < -0.4 is 16.0 Å². The molecule has 0 bridgehead atoms. The summed E-state index contributed by atoms with van der Waals surface area (Å²) in [6.07, 6.45) is 5.41. The highest BCUT2D eigenvalue weighted by Gasteiger charge is 2.19. The number of carbonyl (C=O) groups excluding carboxylic acids is 2. The Kier molecular flexibility index (Phi) is 8.03. The van der Waals surface area contributed by atoms with Gasteiger partial charge >= 0.3 is 0 Å². The van der Waals surface area contributed by atoms with Crippen molar-refractivity contribution in [3.8, 4) is 6.07 Å². The predicted molar refractivity (Wildman–Crippen MR) is 146 cm³/mol. The summed E-state index contributed by atoms with van der Waals surface area (Å²) in [5.74, 6) is -0.0505. The van der Waals surface area contributed by atoms with Gasteiger partial charge in [0.25, 0.3) is 11.8 Å². The molecule has 4 rings (SSSR count). The Morgan fingerprint density at radius 3 is 2.47 bits per heavy atom. The molecular formula is C29H32N6O3. The van der Waals surface area contributed by atoms with Crippen molar-refractivity contribution in [1.82, 2.24) is 9.97 Å². The van der Waals surface area contributed by atoms with Gasteiger partial charge in [0, 0.05) is 18.7 Å². The van der Waals surface area contributed by atoms with Gasteiger partial charge in [0.05, 0.1) is 52.8 Å². The van der Waals surface area contributed by atoms with Crippen LogP contribution in [0.15, 0.2) is 48.8 Å². The van der Waals surface area contributed by atoms with Crippen molar-refractivity contribution in [2.24, 2.45) is 0 Å². The molecule has 38 heavy (non-hydrogen) atoms.